The van der Waals surface area contributed by atoms with E-state index in [9.17, 15) is 0 Å². The summed E-state index contributed by atoms with van der Waals surface area (Å²) in [5.74, 6) is 1.75. The first-order valence-corrected chi connectivity index (χ1v) is 6.47. The Morgan fingerprint density at radius 3 is 2.33 bits per heavy atom. The van der Waals surface area contributed by atoms with Gasteiger partial charge in [0.1, 0.15) is 11.5 Å². The minimum absolute atomic E-state index is 0.233. The van der Waals surface area contributed by atoms with Crippen molar-refractivity contribution in [2.45, 2.75) is 0 Å². The van der Waals surface area contributed by atoms with Gasteiger partial charge in [-0.05, 0) is 44.0 Å². The highest BCUT2D eigenvalue weighted by atomic mass is 79.9. The number of rotatable bonds is 3. The fourth-order valence-electron chi connectivity index (χ4n) is 1.26. The zero-order chi connectivity index (χ0) is 13.1. The molecule has 0 saturated carbocycles. The van der Waals surface area contributed by atoms with Gasteiger partial charge in [-0.3, -0.25) is 0 Å². The first kappa shape index (κ1) is 13.1. The Morgan fingerprint density at radius 2 is 1.67 bits per heavy atom. The van der Waals surface area contributed by atoms with E-state index in [0.29, 0.717) is 11.5 Å². The molecule has 1 aromatic heterocycles. The average Bonchev–Trinajstić information content (AvgIpc) is 2.36. The molecule has 0 saturated heterocycles. The molecule has 0 unspecified atom stereocenters. The van der Waals surface area contributed by atoms with Crippen LogP contribution in [0.1, 0.15) is 0 Å². The molecule has 0 aliphatic carbocycles. The Balaban J connectivity index is 2.35. The van der Waals surface area contributed by atoms with Crippen LogP contribution in [0.4, 0.5) is 5.82 Å². The second kappa shape index (κ2) is 5.53. The summed E-state index contributed by atoms with van der Waals surface area (Å²) >= 11 is 6.77. The van der Waals surface area contributed by atoms with Gasteiger partial charge in [-0.1, -0.05) is 0 Å². The first-order valence-electron chi connectivity index (χ1n) is 4.89. The molecule has 0 fully saturated rings. The average molecular weight is 375 g/mol. The highest BCUT2D eigenvalue weighted by molar-refractivity contribution is 9.11. The molecule has 0 aliphatic heterocycles. The molecule has 1 heterocycles. The number of nitrogens with zero attached hydrogens (tertiary/aromatic N) is 2. The van der Waals surface area contributed by atoms with Crippen molar-refractivity contribution in [1.82, 2.24) is 9.97 Å². The van der Waals surface area contributed by atoms with Gasteiger partial charge in [-0.15, -0.1) is 0 Å². The third-order valence-corrected chi connectivity index (χ3v) is 3.34. The fraction of sp³-hybridized carbons (Fsp3) is 0.0909. The number of hydrogen-bond donors (Lipinski definition) is 1. The second-order valence-corrected chi connectivity index (χ2v) is 4.97. The molecule has 5 nitrogen and oxygen atoms in total. The quantitative estimate of drug-likeness (QED) is 0.891. The summed E-state index contributed by atoms with van der Waals surface area (Å²) in [5, 5.41) is 0. The van der Waals surface area contributed by atoms with Gasteiger partial charge in [-0.2, -0.15) is 0 Å². The highest BCUT2D eigenvalue weighted by Crippen LogP contribution is 2.38. The van der Waals surface area contributed by atoms with E-state index < -0.39 is 0 Å². The van der Waals surface area contributed by atoms with E-state index in [1.165, 1.54) is 12.4 Å². The fourth-order valence-corrected chi connectivity index (χ4v) is 2.15. The summed E-state index contributed by atoms with van der Waals surface area (Å²) in [5.41, 5.74) is 5.66. The second-order valence-electron chi connectivity index (χ2n) is 3.27. The molecule has 0 amide bonds. The maximum Gasteiger partial charge on any atom is 0.262 e. The van der Waals surface area contributed by atoms with Gasteiger partial charge >= 0.3 is 0 Å². The lowest BCUT2D eigenvalue weighted by Gasteiger charge is -2.10. The lowest BCUT2D eigenvalue weighted by atomic mass is 10.3. The summed E-state index contributed by atoms with van der Waals surface area (Å²) in [6.07, 6.45) is 3.01. The van der Waals surface area contributed by atoms with Crippen LogP contribution in [0.3, 0.4) is 0 Å². The molecule has 0 aliphatic rings. The van der Waals surface area contributed by atoms with E-state index >= 15 is 0 Å². The molecular weight excluding hydrogens is 366 g/mol. The normalized spacial score (nSPS) is 10.2. The maximum absolute atomic E-state index is 5.66. The summed E-state index contributed by atoms with van der Waals surface area (Å²) in [7, 11) is 1.59. The molecule has 0 atom stereocenters. The third-order valence-electron chi connectivity index (χ3n) is 2.10. The van der Waals surface area contributed by atoms with Gasteiger partial charge in [0, 0.05) is 12.4 Å². The van der Waals surface area contributed by atoms with E-state index in [1.807, 2.05) is 0 Å². The lowest BCUT2D eigenvalue weighted by molar-refractivity contribution is 0.408. The zero-order valence-electron chi connectivity index (χ0n) is 9.35. The number of nitrogens with two attached hydrogens (primary N) is 1. The molecule has 1 aromatic carbocycles. The van der Waals surface area contributed by atoms with E-state index in [-0.39, 0.29) is 11.7 Å². The molecule has 2 N–H and O–H groups in total. The van der Waals surface area contributed by atoms with Crippen LogP contribution in [-0.2, 0) is 0 Å². The van der Waals surface area contributed by atoms with Crippen molar-refractivity contribution in [2.75, 3.05) is 12.8 Å². The molecule has 94 valence electrons. The van der Waals surface area contributed by atoms with Crippen LogP contribution in [0.25, 0.3) is 0 Å². The maximum atomic E-state index is 5.66. The topological polar surface area (TPSA) is 70.3 Å². The zero-order valence-corrected chi connectivity index (χ0v) is 12.5. The number of benzene rings is 1. The van der Waals surface area contributed by atoms with Gasteiger partial charge < -0.3 is 15.2 Å². The number of hydrogen-bond acceptors (Lipinski definition) is 5. The SMILES string of the molecule is COc1cc(Br)c(Oc2nccnc2N)cc1Br. The molecule has 0 spiro atoms. The first-order chi connectivity index (χ1) is 8.61. The Bertz CT molecular complexity index is 578. The summed E-state index contributed by atoms with van der Waals surface area (Å²) in [6.45, 7) is 0. The van der Waals surface area contributed by atoms with Gasteiger partial charge in [0.25, 0.3) is 5.88 Å². The highest BCUT2D eigenvalue weighted by Gasteiger charge is 2.11. The van der Waals surface area contributed by atoms with Crippen molar-refractivity contribution in [2.24, 2.45) is 0 Å². The van der Waals surface area contributed by atoms with Crippen LogP contribution in [0.5, 0.6) is 17.4 Å². The van der Waals surface area contributed by atoms with Crippen LogP contribution in [-0.4, -0.2) is 17.1 Å². The molecular formula is C11H9Br2N3O2. The third kappa shape index (κ3) is 2.73. The molecule has 0 radical (unpaired) electrons. The predicted octanol–water partition coefficient (Wildman–Crippen LogP) is 3.38. The number of methoxy groups -OCH3 is 1. The Morgan fingerprint density at radius 1 is 1.06 bits per heavy atom. The van der Waals surface area contributed by atoms with Gasteiger partial charge in [0.15, 0.2) is 5.82 Å². The van der Waals surface area contributed by atoms with Crippen molar-refractivity contribution in [3.8, 4) is 17.4 Å². The number of nitrogen functional groups attached to an aromatic ring is 1. The van der Waals surface area contributed by atoms with E-state index in [1.54, 1.807) is 19.2 Å². The number of aromatic nitrogens is 2. The number of halogens is 2. The monoisotopic (exact) mass is 373 g/mol. The van der Waals surface area contributed by atoms with Crippen LogP contribution < -0.4 is 15.2 Å². The smallest absolute Gasteiger partial charge is 0.262 e. The van der Waals surface area contributed by atoms with E-state index in [0.717, 1.165) is 8.95 Å². The predicted molar refractivity (Wildman–Crippen MR) is 74.9 cm³/mol. The summed E-state index contributed by atoms with van der Waals surface area (Å²) in [6, 6.07) is 3.54. The minimum atomic E-state index is 0.233. The number of anilines is 1. The number of ether oxygens (including phenoxy) is 2. The Kier molecular flexibility index (Phi) is 4.03. The van der Waals surface area contributed by atoms with Crippen LogP contribution >= 0.6 is 31.9 Å². The Hall–Kier alpha value is -1.34. The van der Waals surface area contributed by atoms with Crippen molar-refractivity contribution in [3.63, 3.8) is 0 Å². The molecule has 2 aromatic rings. The lowest BCUT2D eigenvalue weighted by Crippen LogP contribution is -1.97. The minimum Gasteiger partial charge on any atom is -0.496 e. The van der Waals surface area contributed by atoms with Crippen molar-refractivity contribution >= 4 is 37.7 Å². The van der Waals surface area contributed by atoms with Crippen LogP contribution in [0, 0.1) is 0 Å². The van der Waals surface area contributed by atoms with Crippen LogP contribution in [0.15, 0.2) is 33.5 Å². The molecule has 7 heteroatoms. The molecule has 18 heavy (non-hydrogen) atoms. The van der Waals surface area contributed by atoms with E-state index in [4.69, 9.17) is 15.2 Å². The molecule has 2 rings (SSSR count). The van der Waals surface area contributed by atoms with Crippen molar-refractivity contribution in [1.29, 1.82) is 0 Å². The Labute approximate surface area is 121 Å². The molecule has 0 bridgehead atoms. The summed E-state index contributed by atoms with van der Waals surface area (Å²) in [4.78, 5) is 7.91. The van der Waals surface area contributed by atoms with Crippen LogP contribution in [0.2, 0.25) is 0 Å². The van der Waals surface area contributed by atoms with Crippen molar-refractivity contribution < 1.29 is 9.47 Å². The summed E-state index contributed by atoms with van der Waals surface area (Å²) < 4.78 is 12.3. The van der Waals surface area contributed by atoms with Gasteiger partial charge in [-0.25, -0.2) is 9.97 Å². The van der Waals surface area contributed by atoms with Gasteiger partial charge in [0.2, 0.25) is 0 Å². The van der Waals surface area contributed by atoms with Crippen molar-refractivity contribution in [3.05, 3.63) is 33.5 Å². The van der Waals surface area contributed by atoms with Gasteiger partial charge in [0.05, 0.1) is 16.1 Å². The largest absolute Gasteiger partial charge is 0.496 e. The van der Waals surface area contributed by atoms with E-state index in [2.05, 4.69) is 41.8 Å². The standard InChI is InChI=1S/C11H9Br2N3O2/c1-17-8-4-7(13)9(5-6(8)12)18-11-10(14)15-2-3-16-11/h2-5H,1H3,(H2,14,15).